The van der Waals surface area contributed by atoms with Crippen molar-refractivity contribution in [3.05, 3.63) is 9.93 Å². The molecule has 2 aliphatic heterocycles. The van der Waals surface area contributed by atoms with Crippen LogP contribution in [0.15, 0.2) is 9.93 Å². The van der Waals surface area contributed by atoms with Gasteiger partial charge in [0.15, 0.2) is 0 Å². The summed E-state index contributed by atoms with van der Waals surface area (Å²) < 4.78 is 0.476. The lowest BCUT2D eigenvalue weighted by atomic mass is 10.2. The minimum absolute atomic E-state index is 0.156. The highest BCUT2D eigenvalue weighted by Gasteiger charge is 2.39. The van der Waals surface area contributed by atoms with Crippen molar-refractivity contribution >= 4 is 57.8 Å². The molecular formula is C14H18N2O4S3. The Balaban J connectivity index is 2.13. The van der Waals surface area contributed by atoms with E-state index < -0.39 is 12.5 Å². The van der Waals surface area contributed by atoms with E-state index >= 15 is 0 Å². The second-order valence-corrected chi connectivity index (χ2v) is 7.79. The maximum Gasteiger partial charge on any atom is 0.323 e. The van der Waals surface area contributed by atoms with Crippen LogP contribution in [0.2, 0.25) is 0 Å². The van der Waals surface area contributed by atoms with Crippen LogP contribution in [-0.4, -0.2) is 55.9 Å². The lowest BCUT2D eigenvalue weighted by Gasteiger charge is -2.16. The van der Waals surface area contributed by atoms with E-state index in [0.29, 0.717) is 20.8 Å². The molecule has 2 heterocycles. The van der Waals surface area contributed by atoms with Gasteiger partial charge in [-0.25, -0.2) is 0 Å². The third-order valence-electron chi connectivity index (χ3n) is 3.45. The molecule has 9 heteroatoms. The summed E-state index contributed by atoms with van der Waals surface area (Å²) in [5.74, 6) is -1.46. The molecule has 0 aromatic rings. The maximum atomic E-state index is 12.6. The molecule has 126 valence electrons. The number of hydrogen-bond acceptors (Lipinski definition) is 6. The number of thioether (sulfide) groups is 2. The zero-order valence-corrected chi connectivity index (χ0v) is 15.2. The van der Waals surface area contributed by atoms with E-state index in [-0.39, 0.29) is 17.6 Å². The second kappa shape index (κ2) is 8.16. The van der Waals surface area contributed by atoms with Crippen molar-refractivity contribution in [1.29, 1.82) is 0 Å². The van der Waals surface area contributed by atoms with Crippen molar-refractivity contribution in [3.63, 3.8) is 0 Å². The summed E-state index contributed by atoms with van der Waals surface area (Å²) >= 11 is 7.63. The van der Waals surface area contributed by atoms with Crippen LogP contribution in [0, 0.1) is 0 Å². The van der Waals surface area contributed by atoms with Crippen LogP contribution in [-0.2, 0) is 14.4 Å². The number of thiocarbonyl (C=S) groups is 1. The Bertz CT molecular complexity index is 576. The number of unbranched alkanes of at least 4 members (excludes halogenated alkanes) is 3. The molecule has 1 N–H and O–H groups in total. The summed E-state index contributed by atoms with van der Waals surface area (Å²) in [6, 6.07) is 0. The Hall–Kier alpha value is -1.06. The molecule has 2 rings (SSSR count). The average Bonchev–Trinajstić information content (AvgIpc) is 2.97. The molecule has 2 aliphatic rings. The van der Waals surface area contributed by atoms with Gasteiger partial charge in [-0.05, 0) is 6.42 Å². The number of nitrogens with zero attached hydrogens (tertiary/aromatic N) is 2. The normalized spacial score (nSPS) is 21.7. The molecule has 2 amide bonds. The number of carbonyl (C=O) groups is 3. The molecule has 0 radical (unpaired) electrons. The number of amides is 2. The fraction of sp³-hybridized carbons (Fsp3) is 0.571. The van der Waals surface area contributed by atoms with Crippen molar-refractivity contribution < 1.29 is 19.5 Å². The van der Waals surface area contributed by atoms with Crippen LogP contribution < -0.4 is 0 Å². The van der Waals surface area contributed by atoms with Crippen molar-refractivity contribution in [2.24, 2.45) is 0 Å². The molecule has 0 saturated carbocycles. The molecule has 0 aliphatic carbocycles. The molecule has 6 nitrogen and oxygen atoms in total. The van der Waals surface area contributed by atoms with Crippen molar-refractivity contribution in [2.45, 2.75) is 32.6 Å². The SMILES string of the molecule is CCCCCCN1C(=O)/C(=C2\SCC(=O)N2CC(=O)O)SC1=S. The van der Waals surface area contributed by atoms with Gasteiger partial charge in [0.1, 0.15) is 15.8 Å². The Morgan fingerprint density at radius 1 is 1.26 bits per heavy atom. The second-order valence-electron chi connectivity index (χ2n) is 5.18. The Morgan fingerprint density at radius 2 is 2.00 bits per heavy atom. The molecule has 2 fully saturated rings. The van der Waals surface area contributed by atoms with Gasteiger partial charge < -0.3 is 5.11 Å². The molecule has 23 heavy (non-hydrogen) atoms. The summed E-state index contributed by atoms with van der Waals surface area (Å²) in [4.78, 5) is 38.4. The molecule has 0 unspecified atom stereocenters. The van der Waals surface area contributed by atoms with Crippen molar-refractivity contribution in [1.82, 2.24) is 9.80 Å². The average molecular weight is 375 g/mol. The molecule has 0 atom stereocenters. The lowest BCUT2D eigenvalue weighted by Crippen LogP contribution is -2.32. The van der Waals surface area contributed by atoms with Crippen LogP contribution in [0.1, 0.15) is 32.6 Å². The van der Waals surface area contributed by atoms with E-state index in [4.69, 9.17) is 17.3 Å². The number of carboxylic acid groups (broad SMARTS) is 1. The number of carbonyl (C=O) groups excluding carboxylic acids is 2. The predicted molar refractivity (Wildman–Crippen MR) is 94.9 cm³/mol. The Labute approximate surface area is 148 Å². The van der Waals surface area contributed by atoms with Crippen LogP contribution in [0.25, 0.3) is 0 Å². The standard InChI is InChI=1S/C14H18N2O4S3/c1-2-3-4-5-6-15-12(20)11(23-14(15)21)13-16(7-10(18)19)9(17)8-22-13/h2-8H2,1H3,(H,18,19)/b13-11+. The van der Waals surface area contributed by atoms with Gasteiger partial charge in [0.25, 0.3) is 5.91 Å². The van der Waals surface area contributed by atoms with E-state index in [9.17, 15) is 14.4 Å². The van der Waals surface area contributed by atoms with Crippen LogP contribution in [0.5, 0.6) is 0 Å². The fourth-order valence-electron chi connectivity index (χ4n) is 2.30. The molecule has 2 saturated heterocycles. The maximum absolute atomic E-state index is 12.6. The zero-order chi connectivity index (χ0) is 17.0. The highest BCUT2D eigenvalue weighted by molar-refractivity contribution is 8.27. The predicted octanol–water partition coefficient (Wildman–Crippen LogP) is 2.26. The summed E-state index contributed by atoms with van der Waals surface area (Å²) in [5, 5.41) is 9.36. The van der Waals surface area contributed by atoms with Crippen molar-refractivity contribution in [2.75, 3.05) is 18.8 Å². The number of aliphatic carboxylic acids is 1. The van der Waals surface area contributed by atoms with Gasteiger partial charge in [0.05, 0.1) is 10.8 Å². The Kier molecular flexibility index (Phi) is 6.49. The third kappa shape index (κ3) is 4.27. The van der Waals surface area contributed by atoms with Crippen LogP contribution in [0.4, 0.5) is 0 Å². The largest absolute Gasteiger partial charge is 0.480 e. The van der Waals surface area contributed by atoms with E-state index in [2.05, 4.69) is 6.92 Å². The first kappa shape index (κ1) is 18.3. The summed E-state index contributed by atoms with van der Waals surface area (Å²) in [6.07, 6.45) is 4.16. The van der Waals surface area contributed by atoms with Gasteiger partial charge in [-0.15, -0.1) is 0 Å². The third-order valence-corrected chi connectivity index (χ3v) is 6.11. The highest BCUT2D eigenvalue weighted by atomic mass is 32.2. The summed E-state index contributed by atoms with van der Waals surface area (Å²) in [7, 11) is 0. The van der Waals surface area contributed by atoms with E-state index in [1.807, 2.05) is 0 Å². The number of carboxylic acids is 1. The van der Waals surface area contributed by atoms with Gasteiger partial charge in [0, 0.05) is 6.54 Å². The fourth-order valence-corrected chi connectivity index (χ4v) is 4.84. The molecule has 0 aromatic carbocycles. The van der Waals surface area contributed by atoms with Gasteiger partial charge in [-0.1, -0.05) is 61.9 Å². The first-order valence-electron chi connectivity index (χ1n) is 7.38. The van der Waals surface area contributed by atoms with Gasteiger partial charge >= 0.3 is 5.97 Å². The quantitative estimate of drug-likeness (QED) is 0.416. The first-order chi connectivity index (χ1) is 11.0. The van der Waals surface area contributed by atoms with Crippen LogP contribution in [0.3, 0.4) is 0 Å². The Morgan fingerprint density at radius 3 is 2.65 bits per heavy atom. The van der Waals surface area contributed by atoms with Crippen molar-refractivity contribution in [3.8, 4) is 0 Å². The monoisotopic (exact) mass is 374 g/mol. The summed E-state index contributed by atoms with van der Waals surface area (Å²) in [5.41, 5.74) is 0. The molecular weight excluding hydrogens is 356 g/mol. The zero-order valence-electron chi connectivity index (χ0n) is 12.7. The summed E-state index contributed by atoms with van der Waals surface area (Å²) in [6.45, 7) is 2.26. The molecule has 0 aromatic heterocycles. The van der Waals surface area contributed by atoms with E-state index in [1.165, 1.54) is 11.8 Å². The number of hydrogen-bond donors (Lipinski definition) is 1. The van der Waals surface area contributed by atoms with E-state index in [0.717, 1.165) is 42.3 Å². The topological polar surface area (TPSA) is 77.9 Å². The van der Waals surface area contributed by atoms with Gasteiger partial charge in [-0.3, -0.25) is 24.2 Å². The van der Waals surface area contributed by atoms with Gasteiger partial charge in [-0.2, -0.15) is 0 Å². The molecule has 0 spiro atoms. The first-order valence-corrected chi connectivity index (χ1v) is 9.59. The minimum atomic E-state index is -1.10. The van der Waals surface area contributed by atoms with Crippen LogP contribution >= 0.6 is 35.7 Å². The lowest BCUT2D eigenvalue weighted by molar-refractivity contribution is -0.141. The molecule has 0 bridgehead atoms. The van der Waals surface area contributed by atoms with E-state index in [1.54, 1.807) is 4.90 Å². The minimum Gasteiger partial charge on any atom is -0.480 e. The number of rotatable bonds is 7. The highest BCUT2D eigenvalue weighted by Crippen LogP contribution is 2.41. The van der Waals surface area contributed by atoms with Gasteiger partial charge in [0.2, 0.25) is 5.91 Å². The smallest absolute Gasteiger partial charge is 0.323 e.